The summed E-state index contributed by atoms with van der Waals surface area (Å²) >= 11 is 0. The molecule has 5 heteroatoms. The van der Waals surface area contributed by atoms with Gasteiger partial charge < -0.3 is 5.11 Å². The fraction of sp³-hybridized carbons (Fsp3) is 0.833. The van der Waals surface area contributed by atoms with Gasteiger partial charge >= 0.3 is 5.97 Å². The SMILES string of the molecule is CCCCCCC/C=C/C(CCCCCCCC(=O)O)C(/C=C/CCCCCCC)CCCCCCCC(=O)N=O. The van der Waals surface area contributed by atoms with Gasteiger partial charge in [0.1, 0.15) is 0 Å². The fourth-order valence-electron chi connectivity index (χ4n) is 5.60. The van der Waals surface area contributed by atoms with Crippen LogP contribution in [0, 0.1) is 16.7 Å². The van der Waals surface area contributed by atoms with Gasteiger partial charge in [-0.1, -0.05) is 141 Å². The molecular weight excluding hydrogens is 510 g/mol. The molecule has 238 valence electrons. The molecule has 0 saturated carbocycles. The van der Waals surface area contributed by atoms with E-state index < -0.39 is 11.9 Å². The highest BCUT2D eigenvalue weighted by Crippen LogP contribution is 2.29. The summed E-state index contributed by atoms with van der Waals surface area (Å²) in [5.74, 6) is -0.0738. The quantitative estimate of drug-likeness (QED) is 0.0506. The van der Waals surface area contributed by atoms with Crippen molar-refractivity contribution in [2.24, 2.45) is 17.0 Å². The lowest BCUT2D eigenvalue weighted by atomic mass is 9.82. The van der Waals surface area contributed by atoms with E-state index in [9.17, 15) is 14.5 Å². The van der Waals surface area contributed by atoms with E-state index in [2.05, 4.69) is 43.3 Å². The van der Waals surface area contributed by atoms with Crippen molar-refractivity contribution in [1.29, 1.82) is 0 Å². The molecule has 0 aromatic heterocycles. The number of aliphatic carboxylic acids is 1. The number of unbranched alkanes of at least 4 members (excludes halogenated alkanes) is 18. The average Bonchev–Trinajstić information content (AvgIpc) is 2.96. The van der Waals surface area contributed by atoms with Crippen molar-refractivity contribution >= 4 is 11.9 Å². The van der Waals surface area contributed by atoms with Gasteiger partial charge in [-0.05, 0) is 63.2 Å². The zero-order chi connectivity index (χ0) is 30.2. The molecule has 0 spiro atoms. The fourth-order valence-corrected chi connectivity index (χ4v) is 5.60. The van der Waals surface area contributed by atoms with Crippen LogP contribution in [-0.2, 0) is 9.59 Å². The van der Waals surface area contributed by atoms with Gasteiger partial charge in [0.05, 0.1) is 0 Å². The maximum atomic E-state index is 11.1. The first-order chi connectivity index (χ1) is 20.0. The van der Waals surface area contributed by atoms with Crippen molar-refractivity contribution in [1.82, 2.24) is 0 Å². The number of nitrogens with zero attached hydrogens (tertiary/aromatic N) is 1. The van der Waals surface area contributed by atoms with E-state index in [1.54, 1.807) is 0 Å². The summed E-state index contributed by atoms with van der Waals surface area (Å²) in [6.07, 6.45) is 39.0. The van der Waals surface area contributed by atoms with E-state index in [4.69, 9.17) is 5.11 Å². The smallest absolute Gasteiger partial charge is 0.303 e. The van der Waals surface area contributed by atoms with Crippen LogP contribution in [0.1, 0.15) is 181 Å². The van der Waals surface area contributed by atoms with Crippen LogP contribution in [0.5, 0.6) is 0 Å². The van der Waals surface area contributed by atoms with Crippen LogP contribution < -0.4 is 0 Å². The van der Waals surface area contributed by atoms with Crippen LogP contribution >= 0.6 is 0 Å². The molecule has 0 aromatic carbocycles. The van der Waals surface area contributed by atoms with Crippen molar-refractivity contribution in [3.63, 3.8) is 0 Å². The topological polar surface area (TPSA) is 83.8 Å². The largest absolute Gasteiger partial charge is 0.481 e. The van der Waals surface area contributed by atoms with Gasteiger partial charge in [0.25, 0.3) is 5.91 Å². The highest BCUT2D eigenvalue weighted by atomic mass is 16.4. The maximum absolute atomic E-state index is 11.1. The van der Waals surface area contributed by atoms with Gasteiger partial charge in [-0.2, -0.15) is 0 Å². The third-order valence-electron chi connectivity index (χ3n) is 8.22. The third kappa shape index (κ3) is 28.1. The van der Waals surface area contributed by atoms with Crippen LogP contribution in [0.15, 0.2) is 29.5 Å². The van der Waals surface area contributed by atoms with Crippen LogP contribution in [0.2, 0.25) is 0 Å². The van der Waals surface area contributed by atoms with Crippen LogP contribution in [-0.4, -0.2) is 17.0 Å². The lowest BCUT2D eigenvalue weighted by Crippen LogP contribution is -2.11. The minimum Gasteiger partial charge on any atom is -0.481 e. The van der Waals surface area contributed by atoms with E-state index >= 15 is 0 Å². The van der Waals surface area contributed by atoms with Gasteiger partial charge in [-0.15, -0.1) is 4.91 Å². The second-order valence-electron chi connectivity index (χ2n) is 12.1. The molecule has 0 heterocycles. The molecule has 2 unspecified atom stereocenters. The minimum absolute atomic E-state index is 0.286. The summed E-state index contributed by atoms with van der Waals surface area (Å²) in [5, 5.41) is 11.4. The number of rotatable bonds is 31. The van der Waals surface area contributed by atoms with Crippen molar-refractivity contribution in [3.8, 4) is 0 Å². The Morgan fingerprint density at radius 3 is 1.39 bits per heavy atom. The molecular formula is C36H65NO4. The molecule has 0 bridgehead atoms. The predicted molar refractivity (Wildman–Crippen MR) is 175 cm³/mol. The standard InChI is InChI=1S/C36H65NO4/c1-3-5-7-9-11-15-21-27-33(29-23-17-13-19-25-31-35(38)37-41)34(28-22-16-12-10-8-6-4-2)30-24-18-14-20-26-32-36(39)40/h21-22,27-28,33-34H,3-20,23-26,29-32H2,1-2H3,(H,39,40)/b27-21+,28-22+. The van der Waals surface area contributed by atoms with Crippen LogP contribution in [0.25, 0.3) is 0 Å². The summed E-state index contributed by atoms with van der Waals surface area (Å²) in [4.78, 5) is 32.2. The second kappa shape index (κ2) is 31.2. The molecule has 0 aliphatic carbocycles. The normalized spacial score (nSPS) is 13.2. The number of nitroso groups, excluding NO2 is 1. The first kappa shape index (κ1) is 39.2. The predicted octanol–water partition coefficient (Wildman–Crippen LogP) is 11.9. The first-order valence-corrected chi connectivity index (χ1v) is 17.5. The molecule has 2 atom stereocenters. The Morgan fingerprint density at radius 2 is 0.951 bits per heavy atom. The highest BCUT2D eigenvalue weighted by Gasteiger charge is 2.16. The van der Waals surface area contributed by atoms with Crippen molar-refractivity contribution < 1.29 is 14.7 Å². The maximum Gasteiger partial charge on any atom is 0.303 e. The Hall–Kier alpha value is -1.78. The Balaban J connectivity index is 5.00. The van der Waals surface area contributed by atoms with Crippen molar-refractivity contribution in [2.45, 2.75) is 181 Å². The van der Waals surface area contributed by atoms with Gasteiger partial charge in [-0.3, -0.25) is 9.59 Å². The number of carbonyl (C=O) groups is 2. The Kier molecular flexibility index (Phi) is 29.8. The monoisotopic (exact) mass is 575 g/mol. The van der Waals surface area contributed by atoms with Gasteiger partial charge in [0, 0.05) is 18.0 Å². The number of amides is 1. The molecule has 0 fully saturated rings. The Bertz CT molecular complexity index is 672. The zero-order valence-corrected chi connectivity index (χ0v) is 27.0. The molecule has 1 N–H and O–H groups in total. The van der Waals surface area contributed by atoms with Gasteiger partial charge in [-0.25, -0.2) is 0 Å². The molecule has 0 aliphatic rings. The van der Waals surface area contributed by atoms with E-state index in [0.29, 0.717) is 18.3 Å². The molecule has 5 nitrogen and oxygen atoms in total. The number of carboxylic acids is 1. The molecule has 41 heavy (non-hydrogen) atoms. The molecule has 1 amide bonds. The molecule has 0 saturated heterocycles. The molecule has 0 aromatic rings. The first-order valence-electron chi connectivity index (χ1n) is 17.5. The Labute approximate surface area is 253 Å². The van der Waals surface area contributed by atoms with E-state index in [1.165, 1.54) is 116 Å². The number of carbonyl (C=O) groups excluding carboxylic acids is 1. The summed E-state index contributed by atoms with van der Waals surface area (Å²) in [5.41, 5.74) is 0. The van der Waals surface area contributed by atoms with Crippen LogP contribution in [0.4, 0.5) is 0 Å². The van der Waals surface area contributed by atoms with Gasteiger partial charge in [0.15, 0.2) is 0 Å². The number of carboxylic acid groups (broad SMARTS) is 1. The van der Waals surface area contributed by atoms with E-state index in [-0.39, 0.29) is 6.42 Å². The Morgan fingerprint density at radius 1 is 0.561 bits per heavy atom. The number of hydrogen-bond acceptors (Lipinski definition) is 3. The minimum atomic E-state index is -0.684. The molecule has 0 radical (unpaired) electrons. The number of allylic oxidation sites excluding steroid dienone is 4. The van der Waals surface area contributed by atoms with Crippen molar-refractivity contribution in [3.05, 3.63) is 29.2 Å². The third-order valence-corrected chi connectivity index (χ3v) is 8.22. The van der Waals surface area contributed by atoms with E-state index in [0.717, 1.165) is 38.5 Å². The average molecular weight is 576 g/mol. The lowest BCUT2D eigenvalue weighted by Gasteiger charge is -2.23. The highest BCUT2D eigenvalue weighted by molar-refractivity contribution is 5.76. The summed E-state index contributed by atoms with van der Waals surface area (Å²) in [6, 6.07) is 0. The van der Waals surface area contributed by atoms with Crippen molar-refractivity contribution in [2.75, 3.05) is 0 Å². The molecule has 0 rings (SSSR count). The summed E-state index contributed by atoms with van der Waals surface area (Å²) < 4.78 is 0. The number of hydrogen-bond donors (Lipinski definition) is 1. The molecule has 0 aliphatic heterocycles. The van der Waals surface area contributed by atoms with E-state index in [1.807, 2.05) is 0 Å². The van der Waals surface area contributed by atoms with Crippen LogP contribution in [0.3, 0.4) is 0 Å². The second-order valence-corrected chi connectivity index (χ2v) is 12.1. The zero-order valence-electron chi connectivity index (χ0n) is 27.0. The van der Waals surface area contributed by atoms with Gasteiger partial charge in [0.2, 0.25) is 0 Å². The lowest BCUT2D eigenvalue weighted by molar-refractivity contribution is -0.137. The summed E-state index contributed by atoms with van der Waals surface area (Å²) in [6.45, 7) is 4.53. The summed E-state index contributed by atoms with van der Waals surface area (Å²) in [7, 11) is 0.